The molecule has 1 amide bonds. The number of sulfonamides is 1. The Kier molecular flexibility index (Phi) is 4.63. The molecule has 2 aliphatic rings. The zero-order valence-electron chi connectivity index (χ0n) is 12.6. The summed E-state index contributed by atoms with van der Waals surface area (Å²) in [6, 6.07) is 6.66. The van der Waals surface area contributed by atoms with E-state index < -0.39 is 10.0 Å². The lowest BCUT2D eigenvalue weighted by molar-refractivity contribution is -0.121. The van der Waals surface area contributed by atoms with Crippen molar-refractivity contribution >= 4 is 21.8 Å². The summed E-state index contributed by atoms with van der Waals surface area (Å²) in [5, 5.41) is 2.86. The highest BCUT2D eigenvalue weighted by molar-refractivity contribution is 7.90. The molecule has 0 aromatic heterocycles. The predicted octanol–water partition coefficient (Wildman–Crippen LogP) is 0.268. The predicted molar refractivity (Wildman–Crippen MR) is 84.7 cm³/mol. The molecule has 2 aliphatic heterocycles. The van der Waals surface area contributed by atoms with Crippen LogP contribution in [0.5, 0.6) is 0 Å². The fraction of sp³-hybridized carbons (Fsp3) is 0.467. The van der Waals surface area contributed by atoms with Crippen LogP contribution in [0, 0.1) is 5.92 Å². The van der Waals surface area contributed by atoms with Crippen molar-refractivity contribution < 1.29 is 17.9 Å². The van der Waals surface area contributed by atoms with E-state index in [1.54, 1.807) is 18.2 Å². The van der Waals surface area contributed by atoms with Crippen molar-refractivity contribution in [2.24, 2.45) is 10.9 Å². The number of rotatable bonds is 5. The van der Waals surface area contributed by atoms with Gasteiger partial charge in [0.1, 0.15) is 5.84 Å². The number of ether oxygens (including phenoxy) is 1. The summed E-state index contributed by atoms with van der Waals surface area (Å²) in [4.78, 5) is 16.2. The van der Waals surface area contributed by atoms with Crippen molar-refractivity contribution in [3.63, 3.8) is 0 Å². The van der Waals surface area contributed by atoms with Gasteiger partial charge < -0.3 is 10.1 Å². The van der Waals surface area contributed by atoms with Crippen LogP contribution < -0.4 is 10.0 Å². The molecule has 0 unspecified atom stereocenters. The fourth-order valence-corrected chi connectivity index (χ4v) is 3.86. The summed E-state index contributed by atoms with van der Waals surface area (Å²) in [6.07, 6.45) is 1.20. The zero-order valence-corrected chi connectivity index (χ0v) is 13.4. The lowest BCUT2D eigenvalue weighted by Gasteiger charge is -2.08. The van der Waals surface area contributed by atoms with Gasteiger partial charge in [0.15, 0.2) is 0 Å². The van der Waals surface area contributed by atoms with Crippen LogP contribution in [0.4, 0.5) is 0 Å². The highest BCUT2D eigenvalue weighted by atomic mass is 32.2. The molecule has 0 saturated carbocycles. The van der Waals surface area contributed by atoms with Crippen molar-refractivity contribution in [3.8, 4) is 0 Å². The topological polar surface area (TPSA) is 96.9 Å². The third kappa shape index (κ3) is 3.70. The third-order valence-corrected chi connectivity index (χ3v) is 5.28. The maximum atomic E-state index is 11.9. The maximum absolute atomic E-state index is 11.9. The minimum atomic E-state index is -3.52. The highest BCUT2D eigenvalue weighted by Gasteiger charge is 2.29. The van der Waals surface area contributed by atoms with Crippen molar-refractivity contribution in [1.82, 2.24) is 10.0 Å². The Morgan fingerprint density at radius 2 is 2.22 bits per heavy atom. The number of hydrogen-bond donors (Lipinski definition) is 2. The average Bonchev–Trinajstić information content (AvgIpc) is 3.13. The van der Waals surface area contributed by atoms with Crippen LogP contribution in [-0.2, 0) is 19.6 Å². The summed E-state index contributed by atoms with van der Waals surface area (Å²) in [5.74, 6) is 0.603. The molecule has 124 valence electrons. The molecule has 0 aliphatic carbocycles. The SMILES string of the molecule is O=C(CCN=C1NS(=O)(=O)c2ccccc21)NC[C@H]1CCOC1. The van der Waals surface area contributed by atoms with E-state index in [2.05, 4.69) is 15.0 Å². The number of nitrogens with one attached hydrogen (secondary N) is 2. The van der Waals surface area contributed by atoms with Crippen LogP contribution in [0.2, 0.25) is 0 Å². The Bertz CT molecular complexity index is 724. The maximum Gasteiger partial charge on any atom is 0.263 e. The van der Waals surface area contributed by atoms with Gasteiger partial charge in [0.25, 0.3) is 10.0 Å². The molecule has 0 radical (unpaired) electrons. The summed E-state index contributed by atoms with van der Waals surface area (Å²) in [7, 11) is -3.52. The van der Waals surface area contributed by atoms with Crippen LogP contribution in [0.25, 0.3) is 0 Å². The van der Waals surface area contributed by atoms with E-state index in [1.165, 1.54) is 6.07 Å². The summed E-state index contributed by atoms with van der Waals surface area (Å²) >= 11 is 0. The van der Waals surface area contributed by atoms with Crippen molar-refractivity contribution in [3.05, 3.63) is 29.8 Å². The van der Waals surface area contributed by atoms with E-state index in [0.29, 0.717) is 30.5 Å². The third-order valence-electron chi connectivity index (χ3n) is 3.88. The standard InChI is InChI=1S/C15H19N3O4S/c19-14(17-9-11-6-8-22-10-11)5-7-16-15-12-3-1-2-4-13(12)23(20,21)18-15/h1-4,11H,5-10H2,(H,16,18)(H,17,19)/t11-/m1/s1. The van der Waals surface area contributed by atoms with Gasteiger partial charge in [0.2, 0.25) is 5.91 Å². The van der Waals surface area contributed by atoms with E-state index in [-0.39, 0.29) is 23.8 Å². The van der Waals surface area contributed by atoms with Crippen LogP contribution in [-0.4, -0.2) is 46.5 Å². The van der Waals surface area contributed by atoms with Crippen LogP contribution in [0.3, 0.4) is 0 Å². The van der Waals surface area contributed by atoms with Gasteiger partial charge >= 0.3 is 0 Å². The monoisotopic (exact) mass is 337 g/mol. The van der Waals surface area contributed by atoms with E-state index in [4.69, 9.17) is 4.74 Å². The smallest absolute Gasteiger partial charge is 0.263 e. The van der Waals surface area contributed by atoms with Crippen LogP contribution >= 0.6 is 0 Å². The van der Waals surface area contributed by atoms with E-state index in [1.807, 2.05) is 0 Å². The van der Waals surface area contributed by atoms with E-state index in [0.717, 1.165) is 13.0 Å². The number of aliphatic imine (C=N–C) groups is 1. The number of carbonyl (C=O) groups is 1. The molecule has 1 atom stereocenters. The Balaban J connectivity index is 1.53. The van der Waals surface area contributed by atoms with Gasteiger partial charge in [0, 0.05) is 31.1 Å². The summed E-state index contributed by atoms with van der Waals surface area (Å²) in [5.41, 5.74) is 0.552. The molecule has 3 rings (SSSR count). The first-order valence-corrected chi connectivity index (χ1v) is 9.06. The van der Waals surface area contributed by atoms with Crippen LogP contribution in [0.15, 0.2) is 34.2 Å². The van der Waals surface area contributed by atoms with Gasteiger partial charge in [-0.05, 0) is 18.6 Å². The van der Waals surface area contributed by atoms with Gasteiger partial charge in [-0.3, -0.25) is 14.5 Å². The van der Waals surface area contributed by atoms with Gasteiger partial charge in [-0.1, -0.05) is 12.1 Å². The molecule has 2 N–H and O–H groups in total. The molecule has 7 nitrogen and oxygen atoms in total. The molecule has 1 saturated heterocycles. The highest BCUT2D eigenvalue weighted by Crippen LogP contribution is 2.22. The van der Waals surface area contributed by atoms with Gasteiger partial charge in [-0.25, -0.2) is 8.42 Å². The number of benzene rings is 1. The molecule has 23 heavy (non-hydrogen) atoms. The first-order valence-electron chi connectivity index (χ1n) is 7.57. The molecular formula is C15H19N3O4S. The molecular weight excluding hydrogens is 318 g/mol. The second-order valence-electron chi connectivity index (χ2n) is 5.62. The molecule has 1 aromatic carbocycles. The van der Waals surface area contributed by atoms with E-state index in [9.17, 15) is 13.2 Å². The molecule has 2 heterocycles. The summed E-state index contributed by atoms with van der Waals surface area (Å²) in [6.45, 7) is 2.30. The Morgan fingerprint density at radius 3 is 3.00 bits per heavy atom. The lowest BCUT2D eigenvalue weighted by Crippen LogP contribution is -2.30. The lowest BCUT2D eigenvalue weighted by atomic mass is 10.1. The van der Waals surface area contributed by atoms with Gasteiger partial charge in [-0.2, -0.15) is 0 Å². The molecule has 0 bridgehead atoms. The first-order chi connectivity index (χ1) is 11.1. The zero-order chi connectivity index (χ0) is 16.3. The average molecular weight is 337 g/mol. The number of amidine groups is 1. The number of hydrogen-bond acceptors (Lipinski definition) is 5. The second kappa shape index (κ2) is 6.67. The minimum Gasteiger partial charge on any atom is -0.381 e. The second-order valence-corrected chi connectivity index (χ2v) is 7.27. The van der Waals surface area contributed by atoms with Gasteiger partial charge in [0.05, 0.1) is 18.0 Å². The first kappa shape index (κ1) is 15.9. The largest absolute Gasteiger partial charge is 0.381 e. The Labute approximate surface area is 135 Å². The van der Waals surface area contributed by atoms with Crippen LogP contribution in [0.1, 0.15) is 18.4 Å². The van der Waals surface area contributed by atoms with Crippen molar-refractivity contribution in [2.75, 3.05) is 26.3 Å². The normalized spacial score (nSPS) is 23.5. The molecule has 1 aromatic rings. The Hall–Kier alpha value is -1.93. The molecule has 0 spiro atoms. The number of fused-ring (bicyclic) bond motifs is 1. The fourth-order valence-electron chi connectivity index (χ4n) is 2.61. The minimum absolute atomic E-state index is 0.0876. The van der Waals surface area contributed by atoms with E-state index >= 15 is 0 Å². The van der Waals surface area contributed by atoms with Crippen molar-refractivity contribution in [1.29, 1.82) is 0 Å². The Morgan fingerprint density at radius 1 is 1.39 bits per heavy atom. The number of carbonyl (C=O) groups excluding carboxylic acids is 1. The number of nitrogens with zero attached hydrogens (tertiary/aromatic N) is 1. The molecule has 1 fully saturated rings. The molecule has 8 heteroatoms. The number of amides is 1. The van der Waals surface area contributed by atoms with Gasteiger partial charge in [-0.15, -0.1) is 0 Å². The van der Waals surface area contributed by atoms with Crippen molar-refractivity contribution in [2.45, 2.75) is 17.7 Å². The quantitative estimate of drug-likeness (QED) is 0.806. The summed E-state index contributed by atoms with van der Waals surface area (Å²) < 4.78 is 31.5.